The Labute approximate surface area is 137 Å². The first-order valence-corrected chi connectivity index (χ1v) is 7.47. The lowest BCUT2D eigenvalue weighted by molar-refractivity contribution is 0.812. The summed E-state index contributed by atoms with van der Waals surface area (Å²) in [4.78, 5) is 3.55. The SMILES string of the molecule is C=C/C(=C\C(=C/C)c1ccc2ccccc2c1)CN/N=C\N=C. The lowest BCUT2D eigenvalue weighted by Crippen LogP contribution is -2.09. The molecule has 0 aliphatic heterocycles. The van der Waals surface area contributed by atoms with Crippen LogP contribution in [0, 0.1) is 0 Å². The molecule has 0 aliphatic rings. The van der Waals surface area contributed by atoms with Gasteiger partial charge in [-0.25, -0.2) is 0 Å². The molecule has 0 aliphatic carbocycles. The van der Waals surface area contributed by atoms with E-state index in [0.29, 0.717) is 6.54 Å². The van der Waals surface area contributed by atoms with Crippen molar-refractivity contribution in [1.82, 2.24) is 5.43 Å². The number of hydrogen-bond donors (Lipinski definition) is 1. The molecule has 2 aromatic carbocycles. The van der Waals surface area contributed by atoms with Gasteiger partial charge in [-0.15, -0.1) is 0 Å². The van der Waals surface area contributed by atoms with E-state index in [9.17, 15) is 0 Å². The zero-order valence-electron chi connectivity index (χ0n) is 13.4. The van der Waals surface area contributed by atoms with Crippen molar-refractivity contribution >= 4 is 29.4 Å². The van der Waals surface area contributed by atoms with E-state index < -0.39 is 0 Å². The van der Waals surface area contributed by atoms with Gasteiger partial charge in [0.05, 0.1) is 6.54 Å². The van der Waals surface area contributed by atoms with Gasteiger partial charge in [-0.2, -0.15) is 5.10 Å². The Morgan fingerprint density at radius 3 is 2.65 bits per heavy atom. The van der Waals surface area contributed by atoms with E-state index in [-0.39, 0.29) is 0 Å². The van der Waals surface area contributed by atoms with E-state index >= 15 is 0 Å². The maximum atomic E-state index is 3.91. The highest BCUT2D eigenvalue weighted by Gasteiger charge is 2.01. The fourth-order valence-corrected chi connectivity index (χ4v) is 2.30. The molecule has 23 heavy (non-hydrogen) atoms. The van der Waals surface area contributed by atoms with E-state index in [1.165, 1.54) is 22.7 Å². The van der Waals surface area contributed by atoms with Crippen molar-refractivity contribution in [2.45, 2.75) is 6.92 Å². The van der Waals surface area contributed by atoms with Gasteiger partial charge in [0.25, 0.3) is 0 Å². The predicted octanol–water partition coefficient (Wildman–Crippen LogP) is 4.59. The summed E-state index contributed by atoms with van der Waals surface area (Å²) in [7, 11) is 0. The van der Waals surface area contributed by atoms with Gasteiger partial charge in [0, 0.05) is 0 Å². The topological polar surface area (TPSA) is 36.8 Å². The molecule has 0 atom stereocenters. The molecule has 0 aromatic heterocycles. The second kappa shape index (κ2) is 8.49. The number of allylic oxidation sites excluding steroid dienone is 3. The summed E-state index contributed by atoms with van der Waals surface area (Å²) in [5.74, 6) is 0. The van der Waals surface area contributed by atoms with Crippen LogP contribution in [0.25, 0.3) is 16.3 Å². The maximum absolute atomic E-state index is 3.91. The minimum Gasteiger partial charge on any atom is -0.304 e. The molecule has 0 saturated carbocycles. The quantitative estimate of drug-likeness (QED) is 0.345. The molecule has 2 rings (SSSR count). The molecule has 0 bridgehead atoms. The monoisotopic (exact) mass is 303 g/mol. The zero-order chi connectivity index (χ0) is 16.5. The molecule has 2 aromatic rings. The van der Waals surface area contributed by atoms with Gasteiger partial charge in [0.1, 0.15) is 6.34 Å². The van der Waals surface area contributed by atoms with Gasteiger partial charge in [-0.05, 0) is 53.3 Å². The number of hydrogen-bond acceptors (Lipinski definition) is 2. The van der Waals surface area contributed by atoms with Crippen molar-refractivity contribution in [3.63, 3.8) is 0 Å². The van der Waals surface area contributed by atoms with Crippen LogP contribution in [-0.2, 0) is 0 Å². The number of benzene rings is 2. The third-order valence-corrected chi connectivity index (χ3v) is 3.51. The number of fused-ring (bicyclic) bond motifs is 1. The van der Waals surface area contributed by atoms with Gasteiger partial charge in [0.15, 0.2) is 0 Å². The molecule has 0 saturated heterocycles. The summed E-state index contributed by atoms with van der Waals surface area (Å²) < 4.78 is 0. The Kier molecular flexibility index (Phi) is 6.07. The fraction of sp³-hybridized carbons (Fsp3) is 0.100. The van der Waals surface area contributed by atoms with Crippen LogP contribution in [0.4, 0.5) is 0 Å². The number of aliphatic imine (C=N–C) groups is 1. The van der Waals surface area contributed by atoms with Gasteiger partial charge in [-0.3, -0.25) is 4.99 Å². The molecule has 3 nitrogen and oxygen atoms in total. The first kappa shape index (κ1) is 16.4. The molecule has 0 fully saturated rings. The summed E-state index contributed by atoms with van der Waals surface area (Å²) in [6, 6.07) is 14.9. The van der Waals surface area contributed by atoms with Gasteiger partial charge in [0.2, 0.25) is 0 Å². The van der Waals surface area contributed by atoms with Crippen LogP contribution in [0.2, 0.25) is 0 Å². The Hall–Kier alpha value is -2.94. The summed E-state index contributed by atoms with van der Waals surface area (Å²) in [6.07, 6.45) is 7.41. The molecule has 0 heterocycles. The summed E-state index contributed by atoms with van der Waals surface area (Å²) >= 11 is 0. The highest BCUT2D eigenvalue weighted by atomic mass is 15.3. The third kappa shape index (κ3) is 4.51. The second-order valence-electron chi connectivity index (χ2n) is 4.99. The standard InChI is InChI=1S/C20H21N3/c1-4-16(14-22-23-15-21-3)12-17(5-2)20-11-10-18-8-6-7-9-19(18)13-20/h4-13,15,22H,1,3,14H2,2H3/b16-12+,17-5+,23-15-. The van der Waals surface area contributed by atoms with Crippen LogP contribution < -0.4 is 5.43 Å². The lowest BCUT2D eigenvalue weighted by atomic mass is 9.99. The maximum Gasteiger partial charge on any atom is 0.134 e. The largest absolute Gasteiger partial charge is 0.304 e. The van der Waals surface area contributed by atoms with E-state index in [2.05, 4.69) is 83.4 Å². The molecule has 3 heteroatoms. The van der Waals surface area contributed by atoms with Gasteiger partial charge < -0.3 is 5.43 Å². The van der Waals surface area contributed by atoms with Crippen molar-refractivity contribution in [3.05, 3.63) is 78.4 Å². The highest BCUT2D eigenvalue weighted by molar-refractivity contribution is 5.88. The van der Waals surface area contributed by atoms with Crippen LogP contribution in [0.15, 0.2) is 82.9 Å². The van der Waals surface area contributed by atoms with E-state index in [1.54, 1.807) is 0 Å². The molecular formula is C20H21N3. The van der Waals surface area contributed by atoms with E-state index in [4.69, 9.17) is 0 Å². The Morgan fingerprint density at radius 2 is 1.96 bits per heavy atom. The molecule has 116 valence electrons. The zero-order valence-corrected chi connectivity index (χ0v) is 13.4. The molecule has 1 N–H and O–H groups in total. The van der Waals surface area contributed by atoms with Gasteiger partial charge in [-0.1, -0.05) is 55.1 Å². The van der Waals surface area contributed by atoms with Crippen molar-refractivity contribution in [2.75, 3.05) is 6.54 Å². The normalized spacial score (nSPS) is 12.6. The minimum absolute atomic E-state index is 0.584. The van der Waals surface area contributed by atoms with Crippen LogP contribution in [0.1, 0.15) is 12.5 Å². The number of hydrazone groups is 1. The van der Waals surface area contributed by atoms with Crippen molar-refractivity contribution in [3.8, 4) is 0 Å². The molecular weight excluding hydrogens is 282 g/mol. The first-order chi connectivity index (χ1) is 11.3. The highest BCUT2D eigenvalue weighted by Crippen LogP contribution is 2.23. The predicted molar refractivity (Wildman–Crippen MR) is 102 cm³/mol. The Morgan fingerprint density at radius 1 is 1.17 bits per heavy atom. The van der Waals surface area contributed by atoms with Crippen molar-refractivity contribution in [1.29, 1.82) is 0 Å². The Balaban J connectivity index is 2.25. The summed E-state index contributed by atoms with van der Waals surface area (Å²) in [5.41, 5.74) is 6.30. The molecule has 0 amide bonds. The van der Waals surface area contributed by atoms with E-state index in [1.807, 2.05) is 13.0 Å². The molecule has 0 radical (unpaired) electrons. The minimum atomic E-state index is 0.584. The van der Waals surface area contributed by atoms with Crippen molar-refractivity contribution in [2.24, 2.45) is 10.1 Å². The van der Waals surface area contributed by atoms with Crippen LogP contribution in [0.3, 0.4) is 0 Å². The van der Waals surface area contributed by atoms with Crippen LogP contribution in [-0.4, -0.2) is 19.6 Å². The molecule has 0 spiro atoms. The van der Waals surface area contributed by atoms with Crippen LogP contribution in [0.5, 0.6) is 0 Å². The molecule has 0 unspecified atom stereocenters. The summed E-state index contributed by atoms with van der Waals surface area (Å²) in [6.45, 7) is 9.83. The van der Waals surface area contributed by atoms with Gasteiger partial charge >= 0.3 is 0 Å². The lowest BCUT2D eigenvalue weighted by Gasteiger charge is -2.07. The third-order valence-electron chi connectivity index (χ3n) is 3.51. The second-order valence-corrected chi connectivity index (χ2v) is 4.99. The van der Waals surface area contributed by atoms with E-state index in [0.717, 1.165) is 11.1 Å². The number of nitrogens with one attached hydrogen (secondary N) is 1. The number of nitrogens with zero attached hydrogens (tertiary/aromatic N) is 2. The fourth-order valence-electron chi connectivity index (χ4n) is 2.30. The Bertz CT molecular complexity index is 782. The first-order valence-electron chi connectivity index (χ1n) is 7.47. The number of rotatable bonds is 7. The smallest absolute Gasteiger partial charge is 0.134 e. The van der Waals surface area contributed by atoms with Crippen LogP contribution >= 0.6 is 0 Å². The average molecular weight is 303 g/mol. The van der Waals surface area contributed by atoms with Crippen molar-refractivity contribution < 1.29 is 0 Å². The average Bonchev–Trinajstić information content (AvgIpc) is 2.61. The summed E-state index contributed by atoms with van der Waals surface area (Å²) in [5, 5.41) is 6.39.